The average molecular weight is 238 g/mol. The molecule has 0 unspecified atom stereocenters. The fourth-order valence-corrected chi connectivity index (χ4v) is 2.32. The van der Waals surface area contributed by atoms with Crippen molar-refractivity contribution < 1.29 is 9.53 Å². The van der Waals surface area contributed by atoms with Crippen LogP contribution in [-0.4, -0.2) is 12.1 Å². The number of carbonyl (C=O) groups is 1. The molecule has 0 radical (unpaired) electrons. The second-order valence-electron chi connectivity index (χ2n) is 5.21. The maximum atomic E-state index is 11.5. The smallest absolute Gasteiger partial charge is 0.333 e. The van der Waals surface area contributed by atoms with Crippen molar-refractivity contribution in [1.82, 2.24) is 0 Å². The van der Waals surface area contributed by atoms with Crippen LogP contribution in [0.1, 0.15) is 71.1 Å². The molecule has 0 atom stereocenters. The van der Waals surface area contributed by atoms with Crippen molar-refractivity contribution in [2.75, 3.05) is 0 Å². The summed E-state index contributed by atoms with van der Waals surface area (Å²) in [5.74, 6) is -0.218. The van der Waals surface area contributed by atoms with Gasteiger partial charge in [-0.25, -0.2) is 4.79 Å². The fraction of sp³-hybridized carbons (Fsp3) is 0.800. The summed E-state index contributed by atoms with van der Waals surface area (Å²) in [5.41, 5.74) is 0.513. The first-order chi connectivity index (χ1) is 8.20. The maximum absolute atomic E-state index is 11.5. The first-order valence-corrected chi connectivity index (χ1v) is 7.06. The van der Waals surface area contributed by atoms with Crippen LogP contribution in [0.5, 0.6) is 0 Å². The Morgan fingerprint density at radius 3 is 1.76 bits per heavy atom. The average Bonchev–Trinajstić information content (AvgIpc) is 2.35. The summed E-state index contributed by atoms with van der Waals surface area (Å²) in [4.78, 5) is 11.5. The van der Waals surface area contributed by atoms with Gasteiger partial charge in [0.05, 0.1) is 0 Å². The van der Waals surface area contributed by atoms with E-state index < -0.39 is 0 Å². The molecular formula is C15H26O2. The van der Waals surface area contributed by atoms with Crippen molar-refractivity contribution >= 4 is 5.97 Å². The lowest BCUT2D eigenvalue weighted by Gasteiger charge is -2.17. The number of ether oxygens (including phenoxy) is 1. The summed E-state index contributed by atoms with van der Waals surface area (Å²) in [6.07, 6.45) is 12.5. The SMILES string of the molecule is C=C(C)C(=O)OC1CCCCCCCCCC1. The highest BCUT2D eigenvalue weighted by Gasteiger charge is 2.14. The minimum absolute atomic E-state index is 0.122. The highest BCUT2D eigenvalue weighted by molar-refractivity contribution is 5.87. The summed E-state index contributed by atoms with van der Waals surface area (Å²) in [7, 11) is 0. The minimum Gasteiger partial charge on any atom is -0.459 e. The van der Waals surface area contributed by atoms with Crippen LogP contribution in [-0.2, 0) is 9.53 Å². The molecule has 0 saturated heterocycles. The Balaban J connectivity index is 2.37. The van der Waals surface area contributed by atoms with E-state index in [4.69, 9.17) is 4.74 Å². The van der Waals surface area contributed by atoms with Gasteiger partial charge in [0.25, 0.3) is 0 Å². The Hall–Kier alpha value is -0.790. The van der Waals surface area contributed by atoms with Crippen molar-refractivity contribution in [2.45, 2.75) is 77.2 Å². The van der Waals surface area contributed by atoms with Crippen LogP contribution in [0.25, 0.3) is 0 Å². The standard InChI is InChI=1S/C15H26O2/c1-13(2)15(16)17-14-11-9-7-5-3-4-6-8-10-12-14/h14H,1,3-12H2,2H3. The Morgan fingerprint density at radius 1 is 0.941 bits per heavy atom. The molecule has 1 fully saturated rings. The minimum atomic E-state index is -0.218. The Labute approximate surface area is 105 Å². The molecule has 17 heavy (non-hydrogen) atoms. The van der Waals surface area contributed by atoms with Crippen molar-refractivity contribution in [3.05, 3.63) is 12.2 Å². The van der Waals surface area contributed by atoms with Crippen molar-refractivity contribution in [3.8, 4) is 0 Å². The van der Waals surface area contributed by atoms with Crippen LogP contribution in [0.2, 0.25) is 0 Å². The van der Waals surface area contributed by atoms with Gasteiger partial charge in [0, 0.05) is 5.57 Å². The van der Waals surface area contributed by atoms with E-state index in [-0.39, 0.29) is 12.1 Å². The van der Waals surface area contributed by atoms with Crippen LogP contribution < -0.4 is 0 Å². The molecule has 1 rings (SSSR count). The third kappa shape index (κ3) is 6.50. The summed E-state index contributed by atoms with van der Waals surface area (Å²) >= 11 is 0. The maximum Gasteiger partial charge on any atom is 0.333 e. The van der Waals surface area contributed by atoms with Gasteiger partial charge < -0.3 is 4.74 Å². The predicted octanol–water partition coefficient (Wildman–Crippen LogP) is 4.39. The number of esters is 1. The summed E-state index contributed by atoms with van der Waals surface area (Å²) in [6.45, 7) is 5.35. The number of carbonyl (C=O) groups excluding carboxylic acids is 1. The van der Waals surface area contributed by atoms with E-state index in [0.717, 1.165) is 12.8 Å². The van der Waals surface area contributed by atoms with Crippen molar-refractivity contribution in [2.24, 2.45) is 0 Å². The molecule has 0 aromatic rings. The molecule has 0 heterocycles. The van der Waals surface area contributed by atoms with Gasteiger partial charge in [-0.05, 0) is 32.6 Å². The zero-order chi connectivity index (χ0) is 12.5. The first kappa shape index (κ1) is 14.3. The summed E-state index contributed by atoms with van der Waals surface area (Å²) < 4.78 is 5.49. The van der Waals surface area contributed by atoms with Crippen molar-refractivity contribution in [1.29, 1.82) is 0 Å². The Kier molecular flexibility index (Phi) is 6.99. The van der Waals surface area contributed by atoms with Gasteiger partial charge in [-0.1, -0.05) is 45.1 Å². The molecule has 0 aromatic carbocycles. The molecule has 2 heteroatoms. The third-order valence-corrected chi connectivity index (χ3v) is 3.42. The molecule has 2 nitrogen and oxygen atoms in total. The fourth-order valence-electron chi connectivity index (χ4n) is 2.32. The molecule has 0 spiro atoms. The molecule has 1 saturated carbocycles. The van der Waals surface area contributed by atoms with E-state index in [2.05, 4.69) is 6.58 Å². The van der Waals surface area contributed by atoms with Gasteiger partial charge >= 0.3 is 5.97 Å². The molecule has 0 N–H and O–H groups in total. The molecule has 0 amide bonds. The van der Waals surface area contributed by atoms with Gasteiger partial charge in [-0.2, -0.15) is 0 Å². The van der Waals surface area contributed by atoms with E-state index in [1.165, 1.54) is 51.4 Å². The van der Waals surface area contributed by atoms with Gasteiger partial charge in [0.2, 0.25) is 0 Å². The lowest BCUT2D eigenvalue weighted by atomic mass is 10.1. The normalized spacial score (nSPS) is 20.3. The number of hydrogen-bond acceptors (Lipinski definition) is 2. The lowest BCUT2D eigenvalue weighted by molar-refractivity contribution is -0.145. The number of rotatable bonds is 2. The van der Waals surface area contributed by atoms with E-state index in [1.807, 2.05) is 0 Å². The monoisotopic (exact) mass is 238 g/mol. The van der Waals surface area contributed by atoms with Gasteiger partial charge in [-0.15, -0.1) is 0 Å². The molecule has 98 valence electrons. The third-order valence-electron chi connectivity index (χ3n) is 3.42. The van der Waals surface area contributed by atoms with Gasteiger partial charge in [0.15, 0.2) is 0 Å². The zero-order valence-electron chi connectivity index (χ0n) is 11.2. The predicted molar refractivity (Wildman–Crippen MR) is 70.9 cm³/mol. The van der Waals surface area contributed by atoms with Crippen LogP contribution in [0, 0.1) is 0 Å². The quantitative estimate of drug-likeness (QED) is 0.527. The van der Waals surface area contributed by atoms with Gasteiger partial charge in [-0.3, -0.25) is 0 Å². The molecule has 0 bridgehead atoms. The van der Waals surface area contributed by atoms with Crippen LogP contribution in [0.15, 0.2) is 12.2 Å². The lowest BCUT2D eigenvalue weighted by Crippen LogP contribution is -2.18. The van der Waals surface area contributed by atoms with Crippen LogP contribution in [0.4, 0.5) is 0 Å². The van der Waals surface area contributed by atoms with E-state index >= 15 is 0 Å². The topological polar surface area (TPSA) is 26.3 Å². The van der Waals surface area contributed by atoms with E-state index in [0.29, 0.717) is 5.57 Å². The molecule has 0 aliphatic heterocycles. The van der Waals surface area contributed by atoms with E-state index in [9.17, 15) is 4.79 Å². The second kappa shape index (κ2) is 8.32. The van der Waals surface area contributed by atoms with E-state index in [1.54, 1.807) is 6.92 Å². The second-order valence-corrected chi connectivity index (χ2v) is 5.21. The highest BCUT2D eigenvalue weighted by atomic mass is 16.5. The zero-order valence-corrected chi connectivity index (χ0v) is 11.2. The largest absolute Gasteiger partial charge is 0.459 e. The van der Waals surface area contributed by atoms with Gasteiger partial charge in [0.1, 0.15) is 6.10 Å². The van der Waals surface area contributed by atoms with Crippen molar-refractivity contribution in [3.63, 3.8) is 0 Å². The summed E-state index contributed by atoms with van der Waals surface area (Å²) in [5, 5.41) is 0. The molecule has 1 aliphatic rings. The van der Waals surface area contributed by atoms with Crippen LogP contribution >= 0.6 is 0 Å². The Bertz CT molecular complexity index is 233. The molecule has 0 aromatic heterocycles. The Morgan fingerprint density at radius 2 is 1.35 bits per heavy atom. The highest BCUT2D eigenvalue weighted by Crippen LogP contribution is 2.19. The number of hydrogen-bond donors (Lipinski definition) is 0. The summed E-state index contributed by atoms with van der Waals surface area (Å²) in [6, 6.07) is 0. The first-order valence-electron chi connectivity index (χ1n) is 7.06. The molecule has 1 aliphatic carbocycles. The van der Waals surface area contributed by atoms with Crippen LogP contribution in [0.3, 0.4) is 0 Å². The molecular weight excluding hydrogens is 212 g/mol.